The molecule has 0 spiro atoms. The van der Waals surface area contributed by atoms with Crippen molar-refractivity contribution < 1.29 is 13.2 Å². The summed E-state index contributed by atoms with van der Waals surface area (Å²) in [4.78, 5) is 0. The largest absolute Gasteiger partial charge is 0.207 e. The predicted octanol–water partition coefficient (Wildman–Crippen LogP) is 4.27. The third-order valence-electron chi connectivity index (χ3n) is 2.22. The van der Waals surface area contributed by atoms with Crippen LogP contribution in [0.5, 0.6) is 0 Å². The molecule has 0 fully saturated rings. The number of benzene rings is 2. The molecule has 0 amide bonds. The molecule has 17 heavy (non-hydrogen) atoms. The summed E-state index contributed by atoms with van der Waals surface area (Å²) < 4.78 is 38.4. The molecule has 2 aromatic rings. The number of rotatable bonds is 2. The average Bonchev–Trinajstić information content (AvgIpc) is 2.27. The van der Waals surface area contributed by atoms with Gasteiger partial charge in [0.1, 0.15) is 17.5 Å². The molecule has 0 atom stereocenters. The molecule has 0 N–H and O–H groups in total. The fraction of sp³-hybridized carbons (Fsp3) is 0. The van der Waals surface area contributed by atoms with E-state index in [9.17, 15) is 13.2 Å². The average molecular weight is 234 g/mol. The molecule has 0 aliphatic rings. The van der Waals surface area contributed by atoms with Gasteiger partial charge in [0.25, 0.3) is 0 Å². The zero-order valence-corrected chi connectivity index (χ0v) is 8.83. The molecule has 2 rings (SSSR count). The first kappa shape index (κ1) is 11.5. The van der Waals surface area contributed by atoms with Crippen molar-refractivity contribution in [2.75, 3.05) is 0 Å². The Morgan fingerprint density at radius 1 is 0.588 bits per heavy atom. The van der Waals surface area contributed by atoms with Crippen molar-refractivity contribution in [2.24, 2.45) is 0 Å². The van der Waals surface area contributed by atoms with Crippen molar-refractivity contribution >= 4 is 12.2 Å². The van der Waals surface area contributed by atoms with Crippen molar-refractivity contribution in [1.82, 2.24) is 0 Å². The summed E-state index contributed by atoms with van der Waals surface area (Å²) in [5.74, 6) is -1.56. The van der Waals surface area contributed by atoms with E-state index >= 15 is 0 Å². The molecule has 0 aliphatic heterocycles. The van der Waals surface area contributed by atoms with Crippen LogP contribution in [-0.4, -0.2) is 0 Å². The van der Waals surface area contributed by atoms with Gasteiger partial charge in [-0.25, -0.2) is 13.2 Å². The van der Waals surface area contributed by atoms with Crippen LogP contribution in [0.1, 0.15) is 11.1 Å². The minimum Gasteiger partial charge on any atom is -0.207 e. The Morgan fingerprint density at radius 2 is 1.12 bits per heavy atom. The fourth-order valence-corrected chi connectivity index (χ4v) is 1.44. The Morgan fingerprint density at radius 3 is 1.71 bits per heavy atom. The number of hydrogen-bond donors (Lipinski definition) is 0. The zero-order chi connectivity index (χ0) is 12.3. The Hall–Kier alpha value is -2.03. The van der Waals surface area contributed by atoms with E-state index < -0.39 is 11.6 Å². The second-order valence-corrected chi connectivity index (χ2v) is 3.59. The lowest BCUT2D eigenvalue weighted by molar-refractivity contribution is 0.583. The van der Waals surface area contributed by atoms with E-state index in [-0.39, 0.29) is 5.82 Å². The molecule has 3 heteroatoms. The zero-order valence-electron chi connectivity index (χ0n) is 8.83. The standard InChI is InChI=1S/C14H9F3/c15-12-5-3-10(4-6-12)1-2-11-7-13(16)9-14(17)8-11/h1-9H/b2-1-. The van der Waals surface area contributed by atoms with Gasteiger partial charge in [-0.3, -0.25) is 0 Å². The van der Waals surface area contributed by atoms with Gasteiger partial charge in [0.2, 0.25) is 0 Å². The number of hydrogen-bond acceptors (Lipinski definition) is 0. The van der Waals surface area contributed by atoms with Gasteiger partial charge in [-0.2, -0.15) is 0 Å². The molecule has 0 nitrogen and oxygen atoms in total. The number of halogens is 3. The van der Waals surface area contributed by atoms with Gasteiger partial charge < -0.3 is 0 Å². The smallest absolute Gasteiger partial charge is 0.126 e. The molecular weight excluding hydrogens is 225 g/mol. The van der Waals surface area contributed by atoms with E-state index in [4.69, 9.17) is 0 Å². The van der Waals surface area contributed by atoms with Gasteiger partial charge in [0, 0.05) is 6.07 Å². The molecule has 0 bridgehead atoms. The predicted molar refractivity (Wildman–Crippen MR) is 61.7 cm³/mol. The van der Waals surface area contributed by atoms with E-state index in [0.717, 1.165) is 11.6 Å². The van der Waals surface area contributed by atoms with Gasteiger partial charge in [0.15, 0.2) is 0 Å². The summed E-state index contributed by atoms with van der Waals surface area (Å²) in [7, 11) is 0. The van der Waals surface area contributed by atoms with Crippen LogP contribution in [0.4, 0.5) is 13.2 Å². The monoisotopic (exact) mass is 234 g/mol. The fourth-order valence-electron chi connectivity index (χ4n) is 1.44. The Bertz CT molecular complexity index is 522. The third-order valence-corrected chi connectivity index (χ3v) is 2.22. The quantitative estimate of drug-likeness (QED) is 0.680. The summed E-state index contributed by atoms with van der Waals surface area (Å²) in [5.41, 5.74) is 1.18. The molecule has 0 heterocycles. The van der Waals surface area contributed by atoms with Crippen LogP contribution in [0, 0.1) is 17.5 Å². The first-order valence-electron chi connectivity index (χ1n) is 5.03. The van der Waals surface area contributed by atoms with E-state index in [1.54, 1.807) is 24.3 Å². The van der Waals surface area contributed by atoms with E-state index in [0.29, 0.717) is 5.56 Å². The SMILES string of the molecule is Fc1ccc(/C=C\c2cc(F)cc(F)c2)cc1. The maximum absolute atomic E-state index is 12.9. The maximum Gasteiger partial charge on any atom is 0.126 e. The van der Waals surface area contributed by atoms with Crippen molar-refractivity contribution in [3.8, 4) is 0 Å². The third kappa shape index (κ3) is 3.21. The molecule has 0 aliphatic carbocycles. The van der Waals surface area contributed by atoms with Crippen molar-refractivity contribution in [2.45, 2.75) is 0 Å². The van der Waals surface area contributed by atoms with E-state index in [1.165, 1.54) is 24.3 Å². The minimum atomic E-state index is -0.622. The van der Waals surface area contributed by atoms with Crippen molar-refractivity contribution in [3.63, 3.8) is 0 Å². The van der Waals surface area contributed by atoms with Crippen LogP contribution >= 0.6 is 0 Å². The first-order chi connectivity index (χ1) is 8.13. The van der Waals surface area contributed by atoms with Gasteiger partial charge in [-0.05, 0) is 35.4 Å². The Kier molecular flexibility index (Phi) is 3.28. The van der Waals surface area contributed by atoms with Gasteiger partial charge >= 0.3 is 0 Å². The summed E-state index contributed by atoms with van der Waals surface area (Å²) in [5, 5.41) is 0. The lowest BCUT2D eigenvalue weighted by Crippen LogP contribution is -1.81. The van der Waals surface area contributed by atoms with Crippen LogP contribution in [0.3, 0.4) is 0 Å². The highest BCUT2D eigenvalue weighted by molar-refractivity contribution is 5.69. The highest BCUT2D eigenvalue weighted by Gasteiger charge is 1.97. The lowest BCUT2D eigenvalue weighted by atomic mass is 10.1. The van der Waals surface area contributed by atoms with E-state index in [1.807, 2.05) is 0 Å². The summed E-state index contributed by atoms with van der Waals surface area (Å²) in [6.07, 6.45) is 3.23. The normalized spacial score (nSPS) is 11.0. The molecule has 86 valence electrons. The minimum absolute atomic E-state index is 0.320. The molecule has 0 radical (unpaired) electrons. The Labute approximate surface area is 97.0 Å². The second-order valence-electron chi connectivity index (χ2n) is 3.59. The van der Waals surface area contributed by atoms with Gasteiger partial charge in [-0.1, -0.05) is 24.3 Å². The molecule has 0 saturated carbocycles. The lowest BCUT2D eigenvalue weighted by Gasteiger charge is -1.96. The van der Waals surface area contributed by atoms with Crippen LogP contribution in [0.2, 0.25) is 0 Å². The van der Waals surface area contributed by atoms with Crippen LogP contribution < -0.4 is 0 Å². The van der Waals surface area contributed by atoms with Crippen LogP contribution in [0.25, 0.3) is 12.2 Å². The maximum atomic E-state index is 12.9. The molecule has 2 aromatic carbocycles. The topological polar surface area (TPSA) is 0 Å². The first-order valence-corrected chi connectivity index (χ1v) is 5.03. The molecule has 0 aromatic heterocycles. The summed E-state index contributed by atoms with van der Waals surface area (Å²) in [6.45, 7) is 0. The molecule has 0 unspecified atom stereocenters. The van der Waals surface area contributed by atoms with Crippen molar-refractivity contribution in [3.05, 3.63) is 71.0 Å². The van der Waals surface area contributed by atoms with Crippen LogP contribution in [-0.2, 0) is 0 Å². The van der Waals surface area contributed by atoms with E-state index in [2.05, 4.69) is 0 Å². The molecular formula is C14H9F3. The highest BCUT2D eigenvalue weighted by Crippen LogP contribution is 2.12. The summed E-state index contributed by atoms with van der Waals surface area (Å²) in [6, 6.07) is 9.09. The summed E-state index contributed by atoms with van der Waals surface area (Å²) >= 11 is 0. The molecule has 0 saturated heterocycles. The van der Waals surface area contributed by atoms with Crippen LogP contribution in [0.15, 0.2) is 42.5 Å². The Balaban J connectivity index is 2.22. The van der Waals surface area contributed by atoms with Gasteiger partial charge in [0.05, 0.1) is 0 Å². The second kappa shape index (κ2) is 4.87. The van der Waals surface area contributed by atoms with Gasteiger partial charge in [-0.15, -0.1) is 0 Å². The highest BCUT2D eigenvalue weighted by atomic mass is 19.1. The van der Waals surface area contributed by atoms with Crippen molar-refractivity contribution in [1.29, 1.82) is 0 Å².